The number of aliphatic carboxylic acids is 1. The van der Waals surface area contributed by atoms with E-state index < -0.39 is 24.3 Å². The Morgan fingerprint density at radius 1 is 1.19 bits per heavy atom. The summed E-state index contributed by atoms with van der Waals surface area (Å²) in [5.74, 6) is -1.70. The van der Waals surface area contributed by atoms with Crippen LogP contribution in [0.1, 0.15) is 10.5 Å². The van der Waals surface area contributed by atoms with Crippen molar-refractivity contribution in [2.45, 2.75) is 0 Å². The van der Waals surface area contributed by atoms with Crippen molar-refractivity contribution >= 4 is 17.6 Å². The van der Waals surface area contributed by atoms with Crippen molar-refractivity contribution in [2.24, 2.45) is 0 Å². The largest absolute Gasteiger partial charge is 0.482 e. The zero-order valence-corrected chi connectivity index (χ0v) is 10.7. The van der Waals surface area contributed by atoms with Gasteiger partial charge in [0.15, 0.2) is 6.61 Å². The van der Waals surface area contributed by atoms with Gasteiger partial charge in [0.05, 0.1) is 6.20 Å². The fraction of sp³-hybridized carbons (Fsp3) is 0.0714. The van der Waals surface area contributed by atoms with Gasteiger partial charge >= 0.3 is 5.97 Å². The van der Waals surface area contributed by atoms with Crippen LogP contribution in [-0.2, 0) is 4.79 Å². The first-order chi connectivity index (χ1) is 10.0. The van der Waals surface area contributed by atoms with Crippen LogP contribution in [0, 0.1) is 5.82 Å². The molecule has 7 heteroatoms. The van der Waals surface area contributed by atoms with Crippen LogP contribution < -0.4 is 10.1 Å². The van der Waals surface area contributed by atoms with Gasteiger partial charge in [0, 0.05) is 5.69 Å². The van der Waals surface area contributed by atoms with Crippen molar-refractivity contribution < 1.29 is 23.8 Å². The average molecular weight is 290 g/mol. The molecule has 0 aliphatic carbocycles. The van der Waals surface area contributed by atoms with Gasteiger partial charge < -0.3 is 15.2 Å². The van der Waals surface area contributed by atoms with Gasteiger partial charge in [-0.25, -0.2) is 14.2 Å². The highest BCUT2D eigenvalue weighted by molar-refractivity contribution is 6.02. The van der Waals surface area contributed by atoms with E-state index in [1.165, 1.54) is 18.2 Å². The second-order valence-electron chi connectivity index (χ2n) is 4.02. The summed E-state index contributed by atoms with van der Waals surface area (Å²) in [6, 6.07) is 8.57. The fourth-order valence-electron chi connectivity index (χ4n) is 1.48. The quantitative estimate of drug-likeness (QED) is 0.878. The molecule has 1 amide bonds. The molecule has 0 bridgehead atoms. The second kappa shape index (κ2) is 6.47. The number of amides is 1. The highest BCUT2D eigenvalue weighted by Crippen LogP contribution is 2.16. The molecule has 2 aromatic rings. The van der Waals surface area contributed by atoms with E-state index in [1.807, 2.05) is 0 Å². The molecule has 2 N–H and O–H groups in total. The van der Waals surface area contributed by atoms with Crippen LogP contribution in [-0.4, -0.2) is 28.6 Å². The summed E-state index contributed by atoms with van der Waals surface area (Å²) in [4.78, 5) is 25.8. The maximum absolute atomic E-state index is 12.7. The van der Waals surface area contributed by atoms with Gasteiger partial charge in [-0.1, -0.05) is 0 Å². The first-order valence-electron chi connectivity index (χ1n) is 5.92. The zero-order valence-electron chi connectivity index (χ0n) is 10.7. The Bertz CT molecular complexity index is 641. The molecule has 1 heterocycles. The lowest BCUT2D eigenvalue weighted by molar-refractivity contribution is -0.139. The number of carbonyl (C=O) groups is 2. The Balaban J connectivity index is 1.98. The number of nitrogens with one attached hydrogen (secondary N) is 1. The van der Waals surface area contributed by atoms with Crippen molar-refractivity contribution in [3.05, 3.63) is 54.1 Å². The standard InChI is InChI=1S/C14H11FN2O4/c15-9-1-6-12(16-7-9)14(20)17-10-2-4-11(5-3-10)21-8-13(18)19/h1-7H,8H2,(H,17,20)(H,18,19). The van der Waals surface area contributed by atoms with E-state index in [9.17, 15) is 14.0 Å². The average Bonchev–Trinajstić information content (AvgIpc) is 2.47. The van der Waals surface area contributed by atoms with Gasteiger partial charge in [-0.2, -0.15) is 0 Å². The van der Waals surface area contributed by atoms with Gasteiger partial charge in [0.25, 0.3) is 5.91 Å². The maximum Gasteiger partial charge on any atom is 0.341 e. The number of halogens is 1. The van der Waals surface area contributed by atoms with E-state index in [0.717, 1.165) is 12.3 Å². The Morgan fingerprint density at radius 3 is 2.48 bits per heavy atom. The zero-order chi connectivity index (χ0) is 15.2. The first-order valence-corrected chi connectivity index (χ1v) is 5.92. The van der Waals surface area contributed by atoms with Crippen LogP contribution in [0.2, 0.25) is 0 Å². The van der Waals surface area contributed by atoms with Crippen molar-refractivity contribution in [1.82, 2.24) is 4.98 Å². The van der Waals surface area contributed by atoms with E-state index in [2.05, 4.69) is 10.3 Å². The minimum atomic E-state index is -1.07. The number of rotatable bonds is 5. The Hall–Kier alpha value is -2.96. The number of benzene rings is 1. The van der Waals surface area contributed by atoms with Gasteiger partial charge in [-0.15, -0.1) is 0 Å². The van der Waals surface area contributed by atoms with E-state index in [1.54, 1.807) is 12.1 Å². The third-order valence-corrected chi connectivity index (χ3v) is 2.43. The van der Waals surface area contributed by atoms with Crippen LogP contribution in [0.15, 0.2) is 42.6 Å². The van der Waals surface area contributed by atoms with E-state index in [4.69, 9.17) is 9.84 Å². The summed E-state index contributed by atoms with van der Waals surface area (Å²) in [5, 5.41) is 11.1. The van der Waals surface area contributed by atoms with Crippen LogP contribution in [0.3, 0.4) is 0 Å². The minimum Gasteiger partial charge on any atom is -0.482 e. The first kappa shape index (κ1) is 14.4. The number of hydrogen-bond donors (Lipinski definition) is 2. The van der Waals surface area contributed by atoms with Gasteiger partial charge in [0.2, 0.25) is 0 Å². The number of aromatic nitrogens is 1. The molecular formula is C14H11FN2O4. The number of hydrogen-bond acceptors (Lipinski definition) is 4. The molecule has 6 nitrogen and oxygen atoms in total. The summed E-state index contributed by atoms with van der Waals surface area (Å²) in [6.07, 6.45) is 0.956. The predicted octanol–water partition coefficient (Wildman–Crippen LogP) is 1.94. The van der Waals surface area contributed by atoms with Crippen molar-refractivity contribution in [3.8, 4) is 5.75 Å². The number of ether oxygens (including phenoxy) is 1. The lowest BCUT2D eigenvalue weighted by Crippen LogP contribution is -2.13. The summed E-state index contributed by atoms with van der Waals surface area (Å²) in [5.41, 5.74) is 0.566. The number of pyridine rings is 1. The summed E-state index contributed by atoms with van der Waals surface area (Å²) >= 11 is 0. The molecular weight excluding hydrogens is 279 g/mol. The van der Waals surface area contributed by atoms with Gasteiger partial charge in [-0.05, 0) is 36.4 Å². The van der Waals surface area contributed by atoms with Gasteiger partial charge in [-0.3, -0.25) is 4.79 Å². The summed E-state index contributed by atoms with van der Waals surface area (Å²) < 4.78 is 17.7. The molecule has 21 heavy (non-hydrogen) atoms. The normalized spacial score (nSPS) is 9.95. The molecule has 0 saturated carbocycles. The Labute approximate surface area is 119 Å². The Kier molecular flexibility index (Phi) is 4.45. The molecule has 0 fully saturated rings. The van der Waals surface area contributed by atoms with Crippen LogP contribution in [0.25, 0.3) is 0 Å². The number of nitrogens with zero attached hydrogens (tertiary/aromatic N) is 1. The smallest absolute Gasteiger partial charge is 0.341 e. The van der Waals surface area contributed by atoms with Crippen LogP contribution in [0.5, 0.6) is 5.75 Å². The monoisotopic (exact) mass is 290 g/mol. The second-order valence-corrected chi connectivity index (χ2v) is 4.02. The third kappa shape index (κ3) is 4.27. The van der Waals surface area contributed by atoms with Crippen molar-refractivity contribution in [3.63, 3.8) is 0 Å². The summed E-state index contributed by atoms with van der Waals surface area (Å²) in [7, 11) is 0. The van der Waals surface area contributed by atoms with E-state index >= 15 is 0 Å². The number of carboxylic acids is 1. The SMILES string of the molecule is O=C(O)COc1ccc(NC(=O)c2ccc(F)cn2)cc1. The fourth-order valence-corrected chi connectivity index (χ4v) is 1.48. The number of anilines is 1. The molecule has 1 aromatic heterocycles. The summed E-state index contributed by atoms with van der Waals surface area (Å²) in [6.45, 7) is -0.439. The molecule has 0 aliphatic heterocycles. The molecule has 0 spiro atoms. The van der Waals surface area contributed by atoms with E-state index in [-0.39, 0.29) is 5.69 Å². The molecule has 0 atom stereocenters. The molecule has 0 aliphatic rings. The topological polar surface area (TPSA) is 88.5 Å². The molecule has 0 radical (unpaired) electrons. The molecule has 0 unspecified atom stereocenters. The molecule has 1 aromatic carbocycles. The lowest BCUT2D eigenvalue weighted by atomic mass is 10.2. The number of carboxylic acid groups (broad SMARTS) is 1. The predicted molar refractivity (Wildman–Crippen MR) is 71.7 cm³/mol. The van der Waals surface area contributed by atoms with Crippen molar-refractivity contribution in [2.75, 3.05) is 11.9 Å². The third-order valence-electron chi connectivity index (χ3n) is 2.43. The minimum absolute atomic E-state index is 0.0857. The molecule has 2 rings (SSSR count). The van der Waals surface area contributed by atoms with E-state index in [0.29, 0.717) is 11.4 Å². The molecule has 0 saturated heterocycles. The Morgan fingerprint density at radius 2 is 1.90 bits per heavy atom. The highest BCUT2D eigenvalue weighted by atomic mass is 19.1. The number of carbonyl (C=O) groups excluding carboxylic acids is 1. The van der Waals surface area contributed by atoms with Gasteiger partial charge in [0.1, 0.15) is 17.3 Å². The lowest BCUT2D eigenvalue weighted by Gasteiger charge is -2.06. The van der Waals surface area contributed by atoms with Crippen molar-refractivity contribution in [1.29, 1.82) is 0 Å². The van der Waals surface area contributed by atoms with Crippen LogP contribution in [0.4, 0.5) is 10.1 Å². The maximum atomic E-state index is 12.7. The highest BCUT2D eigenvalue weighted by Gasteiger charge is 2.08. The van der Waals surface area contributed by atoms with Crippen LogP contribution >= 0.6 is 0 Å². The molecule has 108 valence electrons.